The van der Waals surface area contributed by atoms with Gasteiger partial charge in [-0.05, 0) is 48.4 Å². The van der Waals surface area contributed by atoms with E-state index in [2.05, 4.69) is 15.0 Å². The molecule has 3 N–H and O–H groups in total. The van der Waals surface area contributed by atoms with Crippen LogP contribution in [0.25, 0.3) is 22.8 Å². The molecular weight excluding hydrogens is 413 g/mol. The maximum Gasteiger partial charge on any atom is 0.573 e. The van der Waals surface area contributed by atoms with Gasteiger partial charge in [0.1, 0.15) is 5.75 Å². The van der Waals surface area contributed by atoms with E-state index in [9.17, 15) is 27.9 Å². The predicted molar refractivity (Wildman–Crippen MR) is 108 cm³/mol. The topological polar surface area (TPSA) is 91.4 Å². The average Bonchev–Trinajstić information content (AvgIpc) is 3.21. The molecule has 0 radical (unpaired) electrons. The Balaban J connectivity index is 1.80. The van der Waals surface area contributed by atoms with Crippen molar-refractivity contribution in [3.05, 3.63) is 71.0 Å². The van der Waals surface area contributed by atoms with E-state index in [1.165, 1.54) is 36.4 Å². The molecule has 31 heavy (non-hydrogen) atoms. The van der Waals surface area contributed by atoms with Gasteiger partial charge in [0.2, 0.25) is 0 Å². The lowest BCUT2D eigenvalue weighted by atomic mass is 9.94. The van der Waals surface area contributed by atoms with Crippen LogP contribution in [0.2, 0.25) is 0 Å². The number of carbonyl (C=O) groups excluding carboxylic acids is 1. The number of aryl methyl sites for hydroxylation is 1. The zero-order chi connectivity index (χ0) is 22.3. The number of fused-ring (bicyclic) bond motifs is 1. The van der Waals surface area contributed by atoms with E-state index >= 15 is 0 Å². The molecule has 1 amide bonds. The number of benzene rings is 2. The number of aromatic amines is 1. The van der Waals surface area contributed by atoms with E-state index in [0.717, 1.165) is 0 Å². The number of ether oxygens (including phenoxy) is 1. The van der Waals surface area contributed by atoms with Gasteiger partial charge in [0.25, 0.3) is 5.91 Å². The number of aromatic carboxylic acids is 1. The molecule has 0 unspecified atom stereocenters. The van der Waals surface area contributed by atoms with Gasteiger partial charge in [-0.2, -0.15) is 0 Å². The van der Waals surface area contributed by atoms with Gasteiger partial charge in [0, 0.05) is 16.9 Å². The van der Waals surface area contributed by atoms with Crippen LogP contribution in [0.15, 0.2) is 48.5 Å². The third-order valence-corrected chi connectivity index (χ3v) is 4.73. The van der Waals surface area contributed by atoms with Gasteiger partial charge in [0.05, 0.1) is 16.8 Å². The van der Waals surface area contributed by atoms with Gasteiger partial charge < -0.3 is 20.1 Å². The Kier molecular flexibility index (Phi) is 4.81. The fourth-order valence-electron chi connectivity index (χ4n) is 3.51. The summed E-state index contributed by atoms with van der Waals surface area (Å²) >= 11 is 0. The fraction of sp³-hybridized carbons (Fsp3) is 0.0909. The molecule has 0 atom stereocenters. The van der Waals surface area contributed by atoms with Crippen LogP contribution in [0.1, 0.15) is 27.3 Å². The molecule has 0 bridgehead atoms. The number of hydrogen-bond donors (Lipinski definition) is 3. The van der Waals surface area contributed by atoms with Crippen molar-refractivity contribution >= 4 is 29.2 Å². The Morgan fingerprint density at radius 1 is 1.13 bits per heavy atom. The standard InChI is InChI=1S/C22H15F3N2O4/c1-11-9-15(21(29)30)18(26-11)10-16-19-14(3-2-4-17(19)27-20(16)28)12-5-7-13(8-6-12)31-22(23,24)25/h2-10,26H,1H3,(H,27,28)(H,29,30). The molecule has 158 valence electrons. The monoisotopic (exact) mass is 428 g/mol. The minimum Gasteiger partial charge on any atom is -0.478 e. The summed E-state index contributed by atoms with van der Waals surface area (Å²) in [4.78, 5) is 27.1. The Morgan fingerprint density at radius 3 is 2.48 bits per heavy atom. The highest BCUT2D eigenvalue weighted by Crippen LogP contribution is 2.41. The summed E-state index contributed by atoms with van der Waals surface area (Å²) < 4.78 is 41.2. The second-order valence-electron chi connectivity index (χ2n) is 6.90. The first-order chi connectivity index (χ1) is 14.6. The summed E-state index contributed by atoms with van der Waals surface area (Å²) in [5, 5.41) is 12.1. The SMILES string of the molecule is Cc1cc(C(=O)O)c(C=C2C(=O)Nc3cccc(-c4ccc(OC(F)(F)F)cc4)c32)[nH]1. The molecule has 1 aliphatic heterocycles. The molecule has 2 heterocycles. The molecular formula is C22H15F3N2O4. The quantitative estimate of drug-likeness (QED) is 0.506. The predicted octanol–water partition coefficient (Wildman–Crippen LogP) is 5.08. The minimum atomic E-state index is -4.79. The molecule has 9 heteroatoms. The van der Waals surface area contributed by atoms with Gasteiger partial charge in [-0.3, -0.25) is 4.79 Å². The van der Waals surface area contributed by atoms with E-state index in [1.807, 2.05) is 0 Å². The van der Waals surface area contributed by atoms with Crippen molar-refractivity contribution in [1.29, 1.82) is 0 Å². The first-order valence-electron chi connectivity index (χ1n) is 9.08. The Bertz CT molecular complexity index is 1220. The van der Waals surface area contributed by atoms with Crippen LogP contribution in [0.4, 0.5) is 18.9 Å². The number of nitrogens with one attached hydrogen (secondary N) is 2. The molecule has 0 fully saturated rings. The summed E-state index contributed by atoms with van der Waals surface area (Å²) in [6, 6.07) is 11.9. The highest BCUT2D eigenvalue weighted by atomic mass is 19.4. The average molecular weight is 428 g/mol. The number of anilines is 1. The second kappa shape index (κ2) is 7.35. The number of halogens is 3. The lowest BCUT2D eigenvalue weighted by molar-refractivity contribution is -0.274. The van der Waals surface area contributed by atoms with Gasteiger partial charge in [-0.1, -0.05) is 24.3 Å². The normalized spacial score (nSPS) is 14.5. The lowest BCUT2D eigenvalue weighted by Crippen LogP contribution is -2.16. The Morgan fingerprint density at radius 2 is 1.84 bits per heavy atom. The van der Waals surface area contributed by atoms with Crippen LogP contribution in [-0.4, -0.2) is 28.3 Å². The van der Waals surface area contributed by atoms with Crippen molar-refractivity contribution in [1.82, 2.24) is 4.98 Å². The number of amides is 1. The zero-order valence-corrected chi connectivity index (χ0v) is 16.0. The van der Waals surface area contributed by atoms with Crippen LogP contribution < -0.4 is 10.1 Å². The van der Waals surface area contributed by atoms with E-state index in [4.69, 9.17) is 0 Å². The van der Waals surface area contributed by atoms with Crippen LogP contribution >= 0.6 is 0 Å². The van der Waals surface area contributed by atoms with Crippen LogP contribution in [0.5, 0.6) is 5.75 Å². The minimum absolute atomic E-state index is 0.0254. The van der Waals surface area contributed by atoms with Crippen molar-refractivity contribution in [2.75, 3.05) is 5.32 Å². The van der Waals surface area contributed by atoms with E-state index in [1.54, 1.807) is 25.1 Å². The summed E-state index contributed by atoms with van der Waals surface area (Å²) in [6.07, 6.45) is -3.33. The maximum atomic E-state index is 12.6. The molecule has 0 spiro atoms. The first-order valence-corrected chi connectivity index (χ1v) is 9.08. The number of carbonyl (C=O) groups is 2. The number of alkyl halides is 3. The molecule has 0 saturated carbocycles. The smallest absolute Gasteiger partial charge is 0.478 e. The van der Waals surface area contributed by atoms with Crippen molar-refractivity contribution in [3.8, 4) is 16.9 Å². The van der Waals surface area contributed by atoms with Crippen molar-refractivity contribution in [3.63, 3.8) is 0 Å². The summed E-state index contributed by atoms with van der Waals surface area (Å²) in [7, 11) is 0. The summed E-state index contributed by atoms with van der Waals surface area (Å²) in [5.74, 6) is -1.91. The van der Waals surface area contributed by atoms with Crippen LogP contribution in [-0.2, 0) is 4.79 Å². The molecule has 6 nitrogen and oxygen atoms in total. The number of rotatable bonds is 4. The molecule has 1 aliphatic rings. The Hall–Kier alpha value is -4.01. The van der Waals surface area contributed by atoms with Gasteiger partial charge >= 0.3 is 12.3 Å². The van der Waals surface area contributed by atoms with Gasteiger partial charge in [0.15, 0.2) is 0 Å². The summed E-state index contributed by atoms with van der Waals surface area (Å²) in [5.41, 5.74) is 3.37. The lowest BCUT2D eigenvalue weighted by Gasteiger charge is -2.11. The van der Waals surface area contributed by atoms with E-state index in [-0.39, 0.29) is 22.6 Å². The number of carboxylic acids is 1. The highest BCUT2D eigenvalue weighted by Gasteiger charge is 2.31. The maximum absolute atomic E-state index is 12.6. The van der Waals surface area contributed by atoms with Gasteiger partial charge in [-0.25, -0.2) is 4.79 Å². The largest absolute Gasteiger partial charge is 0.573 e. The first kappa shape index (κ1) is 20.3. The van der Waals surface area contributed by atoms with Crippen molar-refractivity contribution in [2.45, 2.75) is 13.3 Å². The fourth-order valence-corrected chi connectivity index (χ4v) is 3.51. The van der Waals surface area contributed by atoms with Gasteiger partial charge in [-0.15, -0.1) is 13.2 Å². The highest BCUT2D eigenvalue weighted by molar-refractivity contribution is 6.36. The van der Waals surface area contributed by atoms with E-state index < -0.39 is 18.2 Å². The molecule has 1 aromatic heterocycles. The number of aromatic nitrogens is 1. The zero-order valence-electron chi connectivity index (χ0n) is 16.0. The third-order valence-electron chi connectivity index (χ3n) is 4.73. The Labute approximate surface area is 174 Å². The molecule has 3 aromatic rings. The van der Waals surface area contributed by atoms with Crippen LogP contribution in [0.3, 0.4) is 0 Å². The van der Waals surface area contributed by atoms with Crippen molar-refractivity contribution in [2.24, 2.45) is 0 Å². The molecule has 2 aromatic carbocycles. The molecule has 4 rings (SSSR count). The summed E-state index contributed by atoms with van der Waals surface area (Å²) in [6.45, 7) is 1.70. The molecule has 0 saturated heterocycles. The second-order valence-corrected chi connectivity index (χ2v) is 6.90. The number of carboxylic acid groups (broad SMARTS) is 1. The van der Waals surface area contributed by atoms with Crippen molar-refractivity contribution < 1.29 is 32.6 Å². The van der Waals surface area contributed by atoms with E-state index in [0.29, 0.717) is 28.1 Å². The third kappa shape index (κ3) is 4.02. The number of hydrogen-bond acceptors (Lipinski definition) is 3. The van der Waals surface area contributed by atoms with Crippen LogP contribution in [0, 0.1) is 6.92 Å². The number of H-pyrrole nitrogens is 1. The molecule has 0 aliphatic carbocycles.